The first kappa shape index (κ1) is 14.3. The lowest BCUT2D eigenvalue weighted by molar-refractivity contribution is 0.165. The Bertz CT molecular complexity index is 243. The van der Waals surface area contributed by atoms with Crippen molar-refractivity contribution in [1.29, 1.82) is 0 Å². The van der Waals surface area contributed by atoms with Crippen LogP contribution in [-0.2, 0) is 0 Å². The summed E-state index contributed by atoms with van der Waals surface area (Å²) in [6.45, 7) is 12.3. The Labute approximate surface area is 114 Å². The number of rotatable bonds is 3. The molecule has 2 heteroatoms. The minimum atomic E-state index is 0.385. The maximum Gasteiger partial charge on any atom is 0.0280 e. The van der Waals surface area contributed by atoms with Crippen molar-refractivity contribution in [3.63, 3.8) is 0 Å². The van der Waals surface area contributed by atoms with Gasteiger partial charge in [-0.25, -0.2) is 0 Å². The van der Waals surface area contributed by atoms with Gasteiger partial charge in [0.05, 0.1) is 0 Å². The third-order valence-corrected chi connectivity index (χ3v) is 5.09. The molecule has 2 fully saturated rings. The molecule has 0 radical (unpaired) electrons. The highest BCUT2D eigenvalue weighted by atomic mass is 15.2. The van der Waals surface area contributed by atoms with Gasteiger partial charge in [-0.2, -0.15) is 0 Å². The van der Waals surface area contributed by atoms with Crippen LogP contribution in [-0.4, -0.2) is 36.6 Å². The van der Waals surface area contributed by atoms with Gasteiger partial charge in [0.15, 0.2) is 0 Å². The highest BCUT2D eigenvalue weighted by molar-refractivity contribution is 4.90. The SMILES string of the molecule is CC(C)C1CCCN(CC2(C)CCCCN2)CC1. The molecule has 2 atom stereocenters. The van der Waals surface area contributed by atoms with E-state index in [0.717, 1.165) is 11.8 Å². The van der Waals surface area contributed by atoms with Gasteiger partial charge in [-0.3, -0.25) is 0 Å². The van der Waals surface area contributed by atoms with E-state index in [9.17, 15) is 0 Å². The summed E-state index contributed by atoms with van der Waals surface area (Å²) in [5, 5.41) is 3.76. The van der Waals surface area contributed by atoms with Gasteiger partial charge in [0.2, 0.25) is 0 Å². The molecule has 1 N–H and O–H groups in total. The van der Waals surface area contributed by atoms with E-state index in [1.165, 1.54) is 64.7 Å². The topological polar surface area (TPSA) is 15.3 Å². The van der Waals surface area contributed by atoms with Crippen molar-refractivity contribution < 1.29 is 0 Å². The zero-order valence-electron chi connectivity index (χ0n) is 12.7. The van der Waals surface area contributed by atoms with E-state index in [1.54, 1.807) is 0 Å². The van der Waals surface area contributed by atoms with Crippen molar-refractivity contribution in [3.05, 3.63) is 0 Å². The quantitative estimate of drug-likeness (QED) is 0.829. The molecule has 0 bridgehead atoms. The summed E-state index contributed by atoms with van der Waals surface area (Å²) in [6, 6.07) is 0. The molecule has 2 aliphatic heterocycles. The Morgan fingerprint density at radius 1 is 1.17 bits per heavy atom. The molecule has 18 heavy (non-hydrogen) atoms. The lowest BCUT2D eigenvalue weighted by Gasteiger charge is -2.39. The molecule has 0 spiro atoms. The minimum absolute atomic E-state index is 0.385. The van der Waals surface area contributed by atoms with Crippen molar-refractivity contribution in [2.75, 3.05) is 26.2 Å². The predicted octanol–water partition coefficient (Wildman–Crippen LogP) is 3.28. The summed E-state index contributed by atoms with van der Waals surface area (Å²) < 4.78 is 0. The first-order chi connectivity index (χ1) is 8.59. The summed E-state index contributed by atoms with van der Waals surface area (Å²) >= 11 is 0. The largest absolute Gasteiger partial charge is 0.310 e. The molecule has 0 amide bonds. The zero-order valence-corrected chi connectivity index (χ0v) is 12.7. The molecule has 0 aromatic heterocycles. The second kappa shape index (κ2) is 6.38. The molecule has 0 aromatic rings. The standard InChI is InChI=1S/C16H32N2/c1-14(2)15-7-6-11-18(12-8-15)13-16(3)9-4-5-10-17-16/h14-15,17H,4-13H2,1-3H3. The lowest BCUT2D eigenvalue weighted by atomic mass is 9.89. The molecular formula is C16H32N2. The molecule has 0 aliphatic carbocycles. The van der Waals surface area contributed by atoms with Gasteiger partial charge in [-0.15, -0.1) is 0 Å². The normalized spacial score (nSPS) is 35.7. The van der Waals surface area contributed by atoms with Gasteiger partial charge in [0.25, 0.3) is 0 Å². The number of piperidine rings is 1. The van der Waals surface area contributed by atoms with Crippen molar-refractivity contribution in [3.8, 4) is 0 Å². The smallest absolute Gasteiger partial charge is 0.0280 e. The van der Waals surface area contributed by atoms with Crippen molar-refractivity contribution in [2.24, 2.45) is 11.8 Å². The van der Waals surface area contributed by atoms with Gasteiger partial charge in [0, 0.05) is 12.1 Å². The Morgan fingerprint density at radius 2 is 2.00 bits per heavy atom. The molecule has 2 unspecified atom stereocenters. The fraction of sp³-hybridized carbons (Fsp3) is 1.00. The van der Waals surface area contributed by atoms with Gasteiger partial charge in [0.1, 0.15) is 0 Å². The van der Waals surface area contributed by atoms with Crippen LogP contribution in [0.3, 0.4) is 0 Å². The molecule has 106 valence electrons. The van der Waals surface area contributed by atoms with Gasteiger partial charge < -0.3 is 10.2 Å². The van der Waals surface area contributed by atoms with Gasteiger partial charge in [-0.05, 0) is 70.5 Å². The molecule has 2 heterocycles. The summed E-state index contributed by atoms with van der Waals surface area (Å²) in [6.07, 6.45) is 8.39. The van der Waals surface area contributed by atoms with Gasteiger partial charge in [-0.1, -0.05) is 20.3 Å². The van der Waals surface area contributed by atoms with E-state index in [4.69, 9.17) is 0 Å². The number of nitrogens with zero attached hydrogens (tertiary/aromatic N) is 1. The van der Waals surface area contributed by atoms with Crippen molar-refractivity contribution in [1.82, 2.24) is 10.2 Å². The predicted molar refractivity (Wildman–Crippen MR) is 78.9 cm³/mol. The Kier molecular flexibility index (Phi) is 5.08. The molecule has 2 nitrogen and oxygen atoms in total. The van der Waals surface area contributed by atoms with Crippen LogP contribution < -0.4 is 5.32 Å². The van der Waals surface area contributed by atoms with E-state index in [0.29, 0.717) is 5.54 Å². The molecule has 2 rings (SSSR count). The van der Waals surface area contributed by atoms with E-state index in [1.807, 2.05) is 0 Å². The summed E-state index contributed by atoms with van der Waals surface area (Å²) in [5.74, 6) is 1.83. The highest BCUT2D eigenvalue weighted by Gasteiger charge is 2.29. The fourth-order valence-electron chi connectivity index (χ4n) is 3.75. The van der Waals surface area contributed by atoms with Crippen LogP contribution in [0.4, 0.5) is 0 Å². The van der Waals surface area contributed by atoms with Crippen molar-refractivity contribution >= 4 is 0 Å². The lowest BCUT2D eigenvalue weighted by Crippen LogP contribution is -2.53. The van der Waals surface area contributed by atoms with Crippen LogP contribution in [0.25, 0.3) is 0 Å². The van der Waals surface area contributed by atoms with Crippen molar-refractivity contribution in [2.45, 2.75) is 64.8 Å². The molecule has 2 aliphatic rings. The molecule has 2 saturated heterocycles. The average molecular weight is 252 g/mol. The fourth-order valence-corrected chi connectivity index (χ4v) is 3.75. The number of likely N-dealkylation sites (tertiary alicyclic amines) is 1. The van der Waals surface area contributed by atoms with E-state index in [-0.39, 0.29) is 0 Å². The molecule has 0 aromatic carbocycles. The number of hydrogen-bond donors (Lipinski definition) is 1. The Hall–Kier alpha value is -0.0800. The zero-order chi connectivity index (χ0) is 13.0. The minimum Gasteiger partial charge on any atom is -0.310 e. The maximum absolute atomic E-state index is 3.76. The Morgan fingerprint density at radius 3 is 2.67 bits per heavy atom. The summed E-state index contributed by atoms with van der Waals surface area (Å²) in [4.78, 5) is 2.72. The van der Waals surface area contributed by atoms with E-state index in [2.05, 4.69) is 31.0 Å². The molecular weight excluding hydrogens is 220 g/mol. The van der Waals surface area contributed by atoms with E-state index < -0.39 is 0 Å². The third kappa shape index (κ3) is 3.96. The number of nitrogens with one attached hydrogen (secondary N) is 1. The van der Waals surface area contributed by atoms with Crippen LogP contribution >= 0.6 is 0 Å². The number of hydrogen-bond acceptors (Lipinski definition) is 2. The maximum atomic E-state index is 3.76. The monoisotopic (exact) mass is 252 g/mol. The summed E-state index contributed by atoms with van der Waals surface area (Å²) in [5.41, 5.74) is 0.385. The average Bonchev–Trinajstić information content (AvgIpc) is 2.55. The first-order valence-corrected chi connectivity index (χ1v) is 8.06. The van der Waals surface area contributed by atoms with Crippen LogP contribution in [0.1, 0.15) is 59.3 Å². The molecule has 0 saturated carbocycles. The first-order valence-electron chi connectivity index (χ1n) is 8.06. The second-order valence-electron chi connectivity index (χ2n) is 7.16. The summed E-state index contributed by atoms with van der Waals surface area (Å²) in [7, 11) is 0. The highest BCUT2D eigenvalue weighted by Crippen LogP contribution is 2.26. The van der Waals surface area contributed by atoms with Crippen LogP contribution in [0, 0.1) is 11.8 Å². The van der Waals surface area contributed by atoms with Crippen LogP contribution in [0.15, 0.2) is 0 Å². The van der Waals surface area contributed by atoms with Crippen LogP contribution in [0.5, 0.6) is 0 Å². The Balaban J connectivity index is 1.82. The van der Waals surface area contributed by atoms with E-state index >= 15 is 0 Å². The second-order valence-corrected chi connectivity index (χ2v) is 7.16. The van der Waals surface area contributed by atoms with Gasteiger partial charge >= 0.3 is 0 Å². The third-order valence-electron chi connectivity index (χ3n) is 5.09. The van der Waals surface area contributed by atoms with Crippen LogP contribution in [0.2, 0.25) is 0 Å².